The smallest absolute Gasteiger partial charge is 0.246 e. The summed E-state index contributed by atoms with van der Waals surface area (Å²) in [6.45, 7) is 1.90. The lowest BCUT2D eigenvalue weighted by atomic mass is 10.3. The summed E-state index contributed by atoms with van der Waals surface area (Å²) in [6.07, 6.45) is 0. The van der Waals surface area contributed by atoms with Crippen LogP contribution in [0.4, 0.5) is 4.39 Å². The molecule has 1 N–H and O–H groups in total. The summed E-state index contributed by atoms with van der Waals surface area (Å²) < 4.78 is 45.1. The number of nitrogens with zero attached hydrogens (tertiary/aromatic N) is 1. The zero-order valence-corrected chi connectivity index (χ0v) is 13.9. The van der Waals surface area contributed by atoms with Crippen molar-refractivity contribution in [2.24, 2.45) is 0 Å². The zero-order chi connectivity index (χ0) is 14.0. The number of ether oxygens (including phenoxy) is 1. The minimum Gasteiger partial charge on any atom is -0.495 e. The third-order valence-corrected chi connectivity index (χ3v) is 5.43. The van der Waals surface area contributed by atoms with Gasteiger partial charge in [-0.3, -0.25) is 0 Å². The Kier molecular flexibility index (Phi) is 6.21. The third kappa shape index (κ3) is 3.43. The van der Waals surface area contributed by atoms with Crippen LogP contribution in [0, 0.1) is 5.82 Å². The molecule has 0 atom stereocenters. The molecule has 0 amide bonds. The number of benzene rings is 1. The van der Waals surface area contributed by atoms with Gasteiger partial charge in [0, 0.05) is 26.2 Å². The van der Waals surface area contributed by atoms with E-state index in [1.165, 1.54) is 17.5 Å². The van der Waals surface area contributed by atoms with Gasteiger partial charge in [0.2, 0.25) is 10.0 Å². The summed E-state index contributed by atoms with van der Waals surface area (Å²) >= 11 is 3.01. The molecule has 0 aliphatic carbocycles. The second-order valence-corrected chi connectivity index (χ2v) is 6.83. The van der Waals surface area contributed by atoms with Crippen LogP contribution >= 0.6 is 28.3 Å². The highest BCUT2D eigenvalue weighted by Crippen LogP contribution is 2.31. The Morgan fingerprint density at radius 1 is 1.35 bits per heavy atom. The second-order valence-electron chi connectivity index (χ2n) is 4.07. The maximum absolute atomic E-state index is 13.6. The van der Waals surface area contributed by atoms with E-state index in [0.717, 1.165) is 6.07 Å². The van der Waals surface area contributed by atoms with E-state index >= 15 is 0 Å². The topological polar surface area (TPSA) is 58.6 Å². The first-order valence-electron chi connectivity index (χ1n) is 5.70. The van der Waals surface area contributed by atoms with Crippen molar-refractivity contribution in [3.8, 4) is 5.75 Å². The molecule has 114 valence electrons. The van der Waals surface area contributed by atoms with Crippen molar-refractivity contribution < 1.29 is 17.5 Å². The number of piperazine rings is 1. The first kappa shape index (κ1) is 17.6. The van der Waals surface area contributed by atoms with Crippen LogP contribution in [0.5, 0.6) is 5.75 Å². The van der Waals surface area contributed by atoms with E-state index in [4.69, 9.17) is 4.74 Å². The summed E-state index contributed by atoms with van der Waals surface area (Å²) in [5.74, 6) is -0.499. The molecular formula is C11H15BrClFN2O3S. The first-order chi connectivity index (χ1) is 8.96. The monoisotopic (exact) mass is 388 g/mol. The number of hydrogen-bond acceptors (Lipinski definition) is 4. The highest BCUT2D eigenvalue weighted by Gasteiger charge is 2.29. The molecule has 0 aromatic heterocycles. The Hall–Kier alpha value is -0.410. The lowest BCUT2D eigenvalue weighted by molar-refractivity contribution is 0.354. The van der Waals surface area contributed by atoms with Gasteiger partial charge in [-0.1, -0.05) is 0 Å². The number of sulfonamides is 1. The van der Waals surface area contributed by atoms with Crippen LogP contribution in [0.3, 0.4) is 0 Å². The van der Waals surface area contributed by atoms with Crippen molar-refractivity contribution in [2.75, 3.05) is 33.3 Å². The fourth-order valence-corrected chi connectivity index (χ4v) is 3.81. The molecule has 20 heavy (non-hydrogen) atoms. The lowest BCUT2D eigenvalue weighted by Crippen LogP contribution is -2.46. The van der Waals surface area contributed by atoms with Crippen LogP contribution in [0.2, 0.25) is 0 Å². The van der Waals surface area contributed by atoms with Crippen LogP contribution in [0.1, 0.15) is 0 Å². The van der Waals surface area contributed by atoms with E-state index in [1.807, 2.05) is 0 Å². The Labute approximate surface area is 132 Å². The van der Waals surface area contributed by atoms with Gasteiger partial charge in [-0.2, -0.15) is 4.31 Å². The summed E-state index contributed by atoms with van der Waals surface area (Å²) in [5, 5.41) is 3.07. The Bertz CT molecular complexity index is 579. The second kappa shape index (κ2) is 7.04. The maximum Gasteiger partial charge on any atom is 0.246 e. The molecule has 5 nitrogen and oxygen atoms in total. The molecule has 1 fully saturated rings. The molecule has 1 aliphatic heterocycles. The van der Waals surface area contributed by atoms with Crippen LogP contribution in [0.25, 0.3) is 0 Å². The standard InChI is InChI=1S/C11H14BrFN2O3S.ClH/c1-18-10-6-8(12)9(13)7-11(10)19(16,17)15-4-2-14-3-5-15;/h6-7,14H,2-5H2,1H3;1H. The van der Waals surface area contributed by atoms with E-state index in [-0.39, 0.29) is 27.5 Å². The molecule has 1 saturated heterocycles. The normalized spacial score (nSPS) is 16.6. The predicted octanol–water partition coefficient (Wildman–Crippen LogP) is 1.61. The Morgan fingerprint density at radius 2 is 1.95 bits per heavy atom. The number of halogens is 3. The van der Waals surface area contributed by atoms with Crippen LogP contribution in [-0.2, 0) is 10.0 Å². The zero-order valence-electron chi connectivity index (χ0n) is 10.7. The molecule has 1 aromatic carbocycles. The molecule has 0 radical (unpaired) electrons. The van der Waals surface area contributed by atoms with Gasteiger partial charge in [-0.25, -0.2) is 12.8 Å². The van der Waals surface area contributed by atoms with Gasteiger partial charge in [-0.05, 0) is 28.1 Å². The highest BCUT2D eigenvalue weighted by molar-refractivity contribution is 9.10. The maximum atomic E-state index is 13.6. The van der Waals surface area contributed by atoms with E-state index in [9.17, 15) is 12.8 Å². The van der Waals surface area contributed by atoms with Crippen molar-refractivity contribution in [2.45, 2.75) is 4.90 Å². The van der Waals surface area contributed by atoms with Crippen molar-refractivity contribution in [3.63, 3.8) is 0 Å². The summed E-state index contributed by atoms with van der Waals surface area (Å²) in [6, 6.07) is 2.31. The number of methoxy groups -OCH3 is 1. The molecule has 1 aromatic rings. The summed E-state index contributed by atoms with van der Waals surface area (Å²) in [7, 11) is -2.38. The average molecular weight is 390 g/mol. The molecule has 2 rings (SSSR count). The van der Waals surface area contributed by atoms with E-state index in [2.05, 4.69) is 21.2 Å². The van der Waals surface area contributed by atoms with Gasteiger partial charge in [0.1, 0.15) is 16.5 Å². The SMILES string of the molecule is COc1cc(Br)c(F)cc1S(=O)(=O)N1CCNCC1.Cl. The van der Waals surface area contributed by atoms with Crippen molar-refractivity contribution in [1.82, 2.24) is 9.62 Å². The average Bonchev–Trinajstić information content (AvgIpc) is 2.42. The number of rotatable bonds is 3. The molecule has 0 spiro atoms. The van der Waals surface area contributed by atoms with Crippen LogP contribution < -0.4 is 10.1 Å². The molecule has 0 saturated carbocycles. The highest BCUT2D eigenvalue weighted by atomic mass is 79.9. The molecule has 0 bridgehead atoms. The van der Waals surface area contributed by atoms with Gasteiger partial charge in [0.05, 0.1) is 11.6 Å². The Morgan fingerprint density at radius 3 is 2.50 bits per heavy atom. The fraction of sp³-hybridized carbons (Fsp3) is 0.455. The molecule has 0 unspecified atom stereocenters. The van der Waals surface area contributed by atoms with Gasteiger partial charge in [0.15, 0.2) is 0 Å². The quantitative estimate of drug-likeness (QED) is 0.853. The van der Waals surface area contributed by atoms with Gasteiger partial charge < -0.3 is 10.1 Å². The van der Waals surface area contributed by atoms with Gasteiger partial charge >= 0.3 is 0 Å². The number of hydrogen-bond donors (Lipinski definition) is 1. The summed E-state index contributed by atoms with van der Waals surface area (Å²) in [4.78, 5) is -0.141. The minimum absolute atomic E-state index is 0. The van der Waals surface area contributed by atoms with Crippen LogP contribution in [0.15, 0.2) is 21.5 Å². The van der Waals surface area contributed by atoms with E-state index in [0.29, 0.717) is 26.2 Å². The largest absolute Gasteiger partial charge is 0.495 e. The van der Waals surface area contributed by atoms with Crippen LogP contribution in [-0.4, -0.2) is 46.0 Å². The van der Waals surface area contributed by atoms with Crippen molar-refractivity contribution in [1.29, 1.82) is 0 Å². The molecule has 1 heterocycles. The molecule has 1 aliphatic rings. The molecular weight excluding hydrogens is 375 g/mol. The fourth-order valence-electron chi connectivity index (χ4n) is 1.90. The van der Waals surface area contributed by atoms with E-state index < -0.39 is 15.8 Å². The Balaban J connectivity index is 0.00000200. The lowest BCUT2D eigenvalue weighted by Gasteiger charge is -2.27. The van der Waals surface area contributed by atoms with Crippen molar-refractivity contribution >= 4 is 38.4 Å². The van der Waals surface area contributed by atoms with E-state index in [1.54, 1.807) is 0 Å². The van der Waals surface area contributed by atoms with Crippen molar-refractivity contribution in [3.05, 3.63) is 22.4 Å². The predicted molar refractivity (Wildman–Crippen MR) is 79.5 cm³/mol. The number of nitrogens with one attached hydrogen (secondary N) is 1. The first-order valence-corrected chi connectivity index (χ1v) is 7.94. The third-order valence-electron chi connectivity index (χ3n) is 2.90. The summed E-state index contributed by atoms with van der Waals surface area (Å²) in [5.41, 5.74) is 0. The molecule has 9 heteroatoms. The van der Waals surface area contributed by atoms with Gasteiger partial charge in [-0.15, -0.1) is 12.4 Å². The minimum atomic E-state index is -3.74. The van der Waals surface area contributed by atoms with Gasteiger partial charge in [0.25, 0.3) is 0 Å².